The molecule has 0 radical (unpaired) electrons. The number of benzene rings is 2. The van der Waals surface area contributed by atoms with Crippen molar-refractivity contribution in [1.29, 1.82) is 10.5 Å². The molecule has 1 heterocycles. The number of anilines is 2. The minimum Gasteiger partial charge on any atom is -0.360 e. The van der Waals surface area contributed by atoms with Crippen molar-refractivity contribution in [3.63, 3.8) is 0 Å². The van der Waals surface area contributed by atoms with Crippen molar-refractivity contribution in [1.82, 2.24) is 9.66 Å². The fourth-order valence-electron chi connectivity index (χ4n) is 2.83. The number of sulfonamides is 1. The van der Waals surface area contributed by atoms with Crippen molar-refractivity contribution in [2.75, 3.05) is 15.5 Å². The summed E-state index contributed by atoms with van der Waals surface area (Å²) in [5.41, 5.74) is 0.336. The van der Waals surface area contributed by atoms with Crippen LogP contribution in [0, 0.1) is 29.6 Å². The normalized spacial score (nSPS) is 10.5. The van der Waals surface area contributed by atoms with Crippen molar-refractivity contribution < 1.29 is 13.2 Å². The molecule has 3 N–H and O–H groups in total. The van der Waals surface area contributed by atoms with E-state index < -0.39 is 15.6 Å². The summed E-state index contributed by atoms with van der Waals surface area (Å²) >= 11 is 0. The number of hydrogen-bond acceptors (Lipinski definition) is 8. The Hall–Kier alpha value is -4.68. The minimum absolute atomic E-state index is 0.109. The van der Waals surface area contributed by atoms with Crippen LogP contribution in [0.1, 0.15) is 12.7 Å². The predicted octanol–water partition coefficient (Wildman–Crippen LogP) is 1.94. The monoisotopic (exact) mass is 463 g/mol. The lowest BCUT2D eigenvalue weighted by Crippen LogP contribution is -2.35. The summed E-state index contributed by atoms with van der Waals surface area (Å²) in [6.45, 7) is 2.81. The van der Waals surface area contributed by atoms with Gasteiger partial charge in [0, 0.05) is 24.5 Å². The molecule has 3 aromatic rings. The molecule has 0 spiro atoms. The molecule has 0 fully saturated rings. The number of nitrogens with zero attached hydrogens (tertiary/aromatic N) is 4. The molecule has 3 rings (SSSR count). The highest BCUT2D eigenvalue weighted by Crippen LogP contribution is 2.17. The first kappa shape index (κ1) is 23.0. The molecule has 166 valence electrons. The molecule has 1 amide bonds. The van der Waals surface area contributed by atoms with E-state index in [-0.39, 0.29) is 27.6 Å². The van der Waals surface area contributed by atoms with Crippen LogP contribution in [0.2, 0.25) is 0 Å². The fraction of sp³-hybridized carbons (Fsp3) is 0.0952. The van der Waals surface area contributed by atoms with E-state index in [1.165, 1.54) is 50.4 Å². The minimum atomic E-state index is -4.15. The molecule has 33 heavy (non-hydrogen) atoms. The summed E-state index contributed by atoms with van der Waals surface area (Å²) in [7, 11) is -4.15. The van der Waals surface area contributed by atoms with Crippen LogP contribution in [0.25, 0.3) is 10.9 Å². The van der Waals surface area contributed by atoms with Gasteiger partial charge >= 0.3 is 0 Å². The molecule has 0 aliphatic heterocycles. The Labute approximate surface area is 188 Å². The van der Waals surface area contributed by atoms with Crippen LogP contribution in [-0.2, 0) is 14.8 Å². The summed E-state index contributed by atoms with van der Waals surface area (Å²) < 4.78 is 26.5. The zero-order chi connectivity index (χ0) is 24.2. The number of amides is 1. The molecule has 2 aromatic carbocycles. The third-order valence-electron chi connectivity index (χ3n) is 4.36. The van der Waals surface area contributed by atoms with Crippen molar-refractivity contribution in [3.05, 3.63) is 70.4 Å². The molecule has 0 saturated carbocycles. The van der Waals surface area contributed by atoms with Gasteiger partial charge in [0.1, 0.15) is 23.5 Å². The van der Waals surface area contributed by atoms with E-state index in [0.29, 0.717) is 16.9 Å². The van der Waals surface area contributed by atoms with E-state index in [9.17, 15) is 18.0 Å². The first-order valence-electron chi connectivity index (χ1n) is 9.35. The van der Waals surface area contributed by atoms with E-state index in [0.717, 1.165) is 4.68 Å². The van der Waals surface area contributed by atoms with Crippen LogP contribution in [0.5, 0.6) is 0 Å². The Balaban J connectivity index is 1.98. The van der Waals surface area contributed by atoms with Gasteiger partial charge in [-0.1, -0.05) is 0 Å². The fourth-order valence-corrected chi connectivity index (χ4v) is 3.89. The zero-order valence-electron chi connectivity index (χ0n) is 17.4. The van der Waals surface area contributed by atoms with E-state index in [1.807, 2.05) is 0 Å². The molecule has 1 aromatic heterocycles. The predicted molar refractivity (Wildman–Crippen MR) is 121 cm³/mol. The SMILES string of the molecule is CC(=O)Nc1ccc(S(=O)(=O)Nn2c(C)nc3ccc(NC=C(C#N)C#N)cc3c2=O)cc1. The van der Waals surface area contributed by atoms with E-state index in [4.69, 9.17) is 10.5 Å². The Morgan fingerprint density at radius 3 is 2.33 bits per heavy atom. The van der Waals surface area contributed by atoms with Crippen LogP contribution < -0.4 is 21.0 Å². The van der Waals surface area contributed by atoms with Crippen LogP contribution in [0.15, 0.2) is 63.9 Å². The van der Waals surface area contributed by atoms with Gasteiger partial charge in [-0.25, -0.2) is 9.82 Å². The third-order valence-corrected chi connectivity index (χ3v) is 5.67. The largest absolute Gasteiger partial charge is 0.360 e. The number of nitriles is 2. The maximum absolute atomic E-state index is 13.0. The number of fused-ring (bicyclic) bond motifs is 1. The number of aryl methyl sites for hydroxylation is 1. The highest BCUT2D eigenvalue weighted by molar-refractivity contribution is 7.92. The molecule has 0 unspecified atom stereocenters. The molecular formula is C21H17N7O4S. The Bertz CT molecular complexity index is 1510. The number of aromatic nitrogens is 2. The molecule has 0 aliphatic rings. The molecule has 12 heteroatoms. The quantitative estimate of drug-likeness (QED) is 0.466. The maximum Gasteiger partial charge on any atom is 0.280 e. The second kappa shape index (κ2) is 9.21. The summed E-state index contributed by atoms with van der Waals surface area (Å²) in [4.78, 5) is 30.5. The third kappa shape index (κ3) is 5.15. The lowest BCUT2D eigenvalue weighted by molar-refractivity contribution is -0.114. The number of nitrogens with one attached hydrogen (secondary N) is 3. The second-order valence-electron chi connectivity index (χ2n) is 6.76. The number of rotatable bonds is 6. The lowest BCUT2D eigenvalue weighted by atomic mass is 10.2. The van der Waals surface area contributed by atoms with Crippen molar-refractivity contribution in [3.8, 4) is 12.1 Å². The van der Waals surface area contributed by atoms with Gasteiger partial charge in [-0.3, -0.25) is 9.59 Å². The first-order chi connectivity index (χ1) is 15.6. The van der Waals surface area contributed by atoms with E-state index in [1.54, 1.807) is 24.3 Å². The molecular weight excluding hydrogens is 446 g/mol. The van der Waals surface area contributed by atoms with E-state index in [2.05, 4.69) is 20.4 Å². The Morgan fingerprint density at radius 2 is 1.73 bits per heavy atom. The highest BCUT2D eigenvalue weighted by Gasteiger charge is 2.18. The summed E-state index contributed by atoms with van der Waals surface area (Å²) in [5.74, 6) is -0.184. The van der Waals surface area contributed by atoms with Crippen molar-refractivity contribution in [2.45, 2.75) is 18.7 Å². The highest BCUT2D eigenvalue weighted by atomic mass is 32.2. The smallest absolute Gasteiger partial charge is 0.280 e. The van der Waals surface area contributed by atoms with Gasteiger partial charge in [-0.05, 0) is 49.4 Å². The van der Waals surface area contributed by atoms with Gasteiger partial charge in [0.2, 0.25) is 5.91 Å². The summed E-state index contributed by atoms with van der Waals surface area (Å²) in [5, 5.41) is 23.0. The van der Waals surface area contributed by atoms with Crippen LogP contribution in [0.3, 0.4) is 0 Å². The average molecular weight is 463 g/mol. The Kier molecular flexibility index (Phi) is 6.42. The first-order valence-corrected chi connectivity index (χ1v) is 10.8. The number of hydrogen-bond donors (Lipinski definition) is 3. The maximum atomic E-state index is 13.0. The Morgan fingerprint density at radius 1 is 1.09 bits per heavy atom. The summed E-state index contributed by atoms with van der Waals surface area (Å²) in [6, 6.07) is 13.4. The van der Waals surface area contributed by atoms with Crippen LogP contribution >= 0.6 is 0 Å². The van der Waals surface area contributed by atoms with Crippen LogP contribution in [-0.4, -0.2) is 24.0 Å². The van der Waals surface area contributed by atoms with E-state index >= 15 is 0 Å². The standard InChI is InChI=1S/C21H17N7O4S/c1-13-25-20-8-5-17(24-12-15(10-22)11-23)9-19(20)21(30)28(13)27-33(31,32)18-6-3-16(4-7-18)26-14(2)29/h3-9,12,24,27H,1-2H3,(H,26,29). The zero-order valence-corrected chi connectivity index (χ0v) is 18.3. The molecule has 0 aliphatic carbocycles. The second-order valence-corrected chi connectivity index (χ2v) is 8.42. The lowest BCUT2D eigenvalue weighted by Gasteiger charge is -2.14. The number of carbonyl (C=O) groups is 1. The number of allylic oxidation sites excluding steroid dienone is 1. The van der Waals surface area contributed by atoms with Crippen molar-refractivity contribution >= 4 is 38.2 Å². The van der Waals surface area contributed by atoms with Gasteiger partial charge in [0.05, 0.1) is 15.8 Å². The average Bonchev–Trinajstić information content (AvgIpc) is 2.77. The summed E-state index contributed by atoms with van der Waals surface area (Å²) in [6.07, 6.45) is 1.19. The van der Waals surface area contributed by atoms with Gasteiger partial charge < -0.3 is 10.6 Å². The van der Waals surface area contributed by atoms with Gasteiger partial charge in [0.25, 0.3) is 15.6 Å². The molecule has 0 bridgehead atoms. The van der Waals surface area contributed by atoms with Gasteiger partial charge in [-0.15, -0.1) is 0 Å². The van der Waals surface area contributed by atoms with Gasteiger partial charge in [0.15, 0.2) is 0 Å². The number of carbonyl (C=O) groups excluding carboxylic acids is 1. The van der Waals surface area contributed by atoms with Crippen LogP contribution in [0.4, 0.5) is 11.4 Å². The topological polar surface area (TPSA) is 170 Å². The molecule has 11 nitrogen and oxygen atoms in total. The molecule has 0 saturated heterocycles. The van der Waals surface area contributed by atoms with Crippen molar-refractivity contribution in [2.24, 2.45) is 0 Å². The molecule has 0 atom stereocenters. The van der Waals surface area contributed by atoms with Gasteiger partial charge in [-0.2, -0.15) is 23.6 Å².